The van der Waals surface area contributed by atoms with Crippen LogP contribution in [0.3, 0.4) is 0 Å². The maximum Gasteiger partial charge on any atom is 0.306 e. The fourth-order valence-corrected chi connectivity index (χ4v) is 9.10. The Morgan fingerprint density at radius 2 is 0.476 bits per heavy atom. The second-order valence-electron chi connectivity index (χ2n) is 22.0. The van der Waals surface area contributed by atoms with E-state index in [1.165, 1.54) is 109 Å². The first-order valence-electron chi connectivity index (χ1n) is 33.8. The van der Waals surface area contributed by atoms with Crippen molar-refractivity contribution in [1.29, 1.82) is 0 Å². The van der Waals surface area contributed by atoms with Crippen LogP contribution in [0.15, 0.2) is 146 Å². The predicted octanol–water partition coefficient (Wildman–Crippen LogP) is 23.5. The zero-order valence-corrected chi connectivity index (χ0v) is 53.2. The van der Waals surface area contributed by atoms with Crippen molar-refractivity contribution in [3.05, 3.63) is 146 Å². The smallest absolute Gasteiger partial charge is 0.306 e. The third kappa shape index (κ3) is 66.1. The number of hydrogen-bond donors (Lipinski definition) is 0. The Balaban J connectivity index is 4.30. The molecule has 6 heteroatoms. The Morgan fingerprint density at radius 1 is 0.256 bits per heavy atom. The minimum absolute atomic E-state index is 0.0862. The lowest BCUT2D eigenvalue weighted by molar-refractivity contribution is -0.167. The van der Waals surface area contributed by atoms with Gasteiger partial charge in [0.05, 0.1) is 0 Å². The van der Waals surface area contributed by atoms with E-state index in [1.54, 1.807) is 0 Å². The molecule has 0 radical (unpaired) electrons. The lowest BCUT2D eigenvalue weighted by Crippen LogP contribution is -2.30. The van der Waals surface area contributed by atoms with Crippen LogP contribution < -0.4 is 0 Å². The molecule has 0 aliphatic heterocycles. The molecule has 1 unspecified atom stereocenters. The molecule has 0 bridgehead atoms. The molecule has 0 saturated heterocycles. The highest BCUT2D eigenvalue weighted by molar-refractivity contribution is 5.71. The van der Waals surface area contributed by atoms with Crippen molar-refractivity contribution in [2.75, 3.05) is 13.2 Å². The van der Waals surface area contributed by atoms with Crippen molar-refractivity contribution >= 4 is 17.9 Å². The monoisotopic (exact) mass is 1130 g/mol. The van der Waals surface area contributed by atoms with Crippen molar-refractivity contribution in [2.45, 2.75) is 303 Å². The number of rotatable bonds is 60. The molecular weight excluding hydrogens is 1010 g/mol. The largest absolute Gasteiger partial charge is 0.462 e. The van der Waals surface area contributed by atoms with Crippen LogP contribution in [0.4, 0.5) is 0 Å². The molecule has 0 aliphatic rings. The third-order valence-corrected chi connectivity index (χ3v) is 14.1. The maximum absolute atomic E-state index is 12.9. The van der Waals surface area contributed by atoms with Crippen LogP contribution in [-0.4, -0.2) is 37.2 Å². The molecule has 82 heavy (non-hydrogen) atoms. The minimum atomic E-state index is -0.791. The number of ether oxygens (including phenoxy) is 3. The van der Waals surface area contributed by atoms with Crippen molar-refractivity contribution in [2.24, 2.45) is 0 Å². The van der Waals surface area contributed by atoms with Gasteiger partial charge >= 0.3 is 17.9 Å². The van der Waals surface area contributed by atoms with E-state index in [4.69, 9.17) is 14.2 Å². The standard InChI is InChI=1S/C76H124O6/c1-4-7-10-13-16-19-22-24-26-28-30-32-34-36-38-40-42-44-46-48-50-52-54-57-60-63-66-69-75(78)81-72-73(71-80-74(77)68-65-62-59-56-21-18-15-12-9-6-3)82-76(79)70-67-64-61-58-55-53-51-49-47-45-43-41-39-37-35-33-31-29-27-25-23-20-17-14-11-8-5-2/h7-8,10-11,16-17,19-20,24-27,30-33,36-39,42-45,73H,4-6,9,12-15,18,21-23,28-29,34-35,40-41,46-72H2,1-3H3/b10-7-,11-8-,19-16-,20-17-,26-24-,27-25-,32-30-,33-31-,38-36-,39-37-,44-42-,45-43-. The number of carbonyl (C=O) groups is 3. The van der Waals surface area contributed by atoms with E-state index in [0.717, 1.165) is 148 Å². The Kier molecular flexibility index (Phi) is 64.8. The number of unbranched alkanes of at least 4 members (excludes halogenated alkanes) is 25. The summed E-state index contributed by atoms with van der Waals surface area (Å²) < 4.78 is 16.9. The van der Waals surface area contributed by atoms with E-state index in [-0.39, 0.29) is 31.1 Å². The zero-order chi connectivity index (χ0) is 59.2. The van der Waals surface area contributed by atoms with Crippen LogP contribution in [0.1, 0.15) is 297 Å². The topological polar surface area (TPSA) is 78.9 Å². The van der Waals surface area contributed by atoms with Crippen molar-refractivity contribution in [3.8, 4) is 0 Å². The zero-order valence-electron chi connectivity index (χ0n) is 53.2. The van der Waals surface area contributed by atoms with Gasteiger partial charge in [-0.05, 0) is 122 Å². The van der Waals surface area contributed by atoms with Gasteiger partial charge in [0, 0.05) is 19.3 Å². The lowest BCUT2D eigenvalue weighted by atomic mass is 10.1. The molecule has 0 N–H and O–H groups in total. The molecule has 464 valence electrons. The van der Waals surface area contributed by atoms with Gasteiger partial charge in [0.25, 0.3) is 0 Å². The van der Waals surface area contributed by atoms with Gasteiger partial charge in [-0.2, -0.15) is 0 Å². The Labute approximate surface area is 506 Å². The van der Waals surface area contributed by atoms with E-state index in [9.17, 15) is 14.4 Å². The number of esters is 3. The average Bonchev–Trinajstić information content (AvgIpc) is 3.48. The van der Waals surface area contributed by atoms with Crippen molar-refractivity contribution in [3.63, 3.8) is 0 Å². The van der Waals surface area contributed by atoms with Gasteiger partial charge in [-0.3, -0.25) is 14.4 Å². The molecule has 0 aromatic rings. The Bertz CT molecular complexity index is 1780. The first-order valence-corrected chi connectivity index (χ1v) is 33.8. The molecule has 0 aromatic heterocycles. The number of allylic oxidation sites excluding steroid dienone is 24. The van der Waals surface area contributed by atoms with Crippen LogP contribution in [0.2, 0.25) is 0 Å². The summed E-state index contributed by atoms with van der Waals surface area (Å²) in [5, 5.41) is 0. The molecule has 0 rings (SSSR count). The van der Waals surface area contributed by atoms with Gasteiger partial charge in [0.1, 0.15) is 13.2 Å². The average molecular weight is 1130 g/mol. The molecule has 0 saturated carbocycles. The molecule has 0 spiro atoms. The first kappa shape index (κ1) is 77.3. The molecular formula is C76H124O6. The van der Waals surface area contributed by atoms with Crippen LogP contribution in [0, 0.1) is 0 Å². The second-order valence-corrected chi connectivity index (χ2v) is 22.0. The Morgan fingerprint density at radius 3 is 0.744 bits per heavy atom. The van der Waals surface area contributed by atoms with Gasteiger partial charge in [-0.25, -0.2) is 0 Å². The highest BCUT2D eigenvalue weighted by Crippen LogP contribution is 2.16. The first-order chi connectivity index (χ1) is 40.5. The highest BCUT2D eigenvalue weighted by atomic mass is 16.6. The number of carbonyl (C=O) groups excluding carboxylic acids is 3. The normalized spacial score (nSPS) is 13.1. The summed E-state index contributed by atoms with van der Waals surface area (Å²) in [6.45, 7) is 6.40. The maximum atomic E-state index is 12.9. The summed E-state index contributed by atoms with van der Waals surface area (Å²) in [5.74, 6) is -0.902. The SMILES string of the molecule is CC/C=C\C/C=C\C/C=C\C/C=C\C/C=C\C/C=C\CCCCCCCCCCC(=O)OCC(COC(=O)CCCCCCCCCCCC)OC(=O)CCCCCCCCCC/C=C\C/C=C\C/C=C\C/C=C\C/C=C\C/C=C\CC. The summed E-state index contributed by atoms with van der Waals surface area (Å²) in [6.07, 6.45) is 98.6. The summed E-state index contributed by atoms with van der Waals surface area (Å²) in [5.41, 5.74) is 0. The summed E-state index contributed by atoms with van der Waals surface area (Å²) >= 11 is 0. The molecule has 0 amide bonds. The van der Waals surface area contributed by atoms with Crippen LogP contribution in [0.25, 0.3) is 0 Å². The number of hydrogen-bond acceptors (Lipinski definition) is 6. The summed E-state index contributed by atoms with van der Waals surface area (Å²) in [7, 11) is 0. The van der Waals surface area contributed by atoms with E-state index in [1.807, 2.05) is 0 Å². The minimum Gasteiger partial charge on any atom is -0.462 e. The molecule has 1 atom stereocenters. The highest BCUT2D eigenvalue weighted by Gasteiger charge is 2.19. The Hall–Kier alpha value is -4.71. The van der Waals surface area contributed by atoms with Gasteiger partial charge in [0.15, 0.2) is 6.10 Å². The molecule has 0 aliphatic carbocycles. The predicted molar refractivity (Wildman–Crippen MR) is 357 cm³/mol. The fraction of sp³-hybridized carbons (Fsp3) is 0.645. The van der Waals surface area contributed by atoms with Crippen LogP contribution in [-0.2, 0) is 28.6 Å². The summed E-state index contributed by atoms with van der Waals surface area (Å²) in [6, 6.07) is 0. The molecule has 0 aromatic carbocycles. The van der Waals surface area contributed by atoms with Gasteiger partial charge in [-0.1, -0.05) is 301 Å². The van der Waals surface area contributed by atoms with Gasteiger partial charge in [-0.15, -0.1) is 0 Å². The fourth-order valence-electron chi connectivity index (χ4n) is 9.10. The quantitative estimate of drug-likeness (QED) is 0.0261. The van der Waals surface area contributed by atoms with E-state index >= 15 is 0 Å². The van der Waals surface area contributed by atoms with Crippen molar-refractivity contribution in [1.82, 2.24) is 0 Å². The molecule has 0 heterocycles. The lowest BCUT2D eigenvalue weighted by Gasteiger charge is -2.18. The van der Waals surface area contributed by atoms with Crippen molar-refractivity contribution < 1.29 is 28.6 Å². The molecule has 0 fully saturated rings. The van der Waals surface area contributed by atoms with E-state index in [2.05, 4.69) is 167 Å². The van der Waals surface area contributed by atoms with Crippen LogP contribution >= 0.6 is 0 Å². The van der Waals surface area contributed by atoms with Crippen LogP contribution in [0.5, 0.6) is 0 Å². The molecule has 6 nitrogen and oxygen atoms in total. The van der Waals surface area contributed by atoms with Gasteiger partial charge < -0.3 is 14.2 Å². The third-order valence-electron chi connectivity index (χ3n) is 14.1. The van der Waals surface area contributed by atoms with E-state index in [0.29, 0.717) is 19.3 Å². The summed E-state index contributed by atoms with van der Waals surface area (Å²) in [4.78, 5) is 38.3. The second kappa shape index (κ2) is 68.8. The van der Waals surface area contributed by atoms with Gasteiger partial charge in [0.2, 0.25) is 0 Å². The van der Waals surface area contributed by atoms with E-state index < -0.39 is 6.10 Å².